The fourth-order valence-corrected chi connectivity index (χ4v) is 4.51. The van der Waals surface area contributed by atoms with E-state index >= 15 is 0 Å². The first-order chi connectivity index (χ1) is 12.8. The lowest BCUT2D eigenvalue weighted by Gasteiger charge is -2.26. The monoisotopic (exact) mass is 376 g/mol. The Kier molecular flexibility index (Phi) is 7.65. The summed E-state index contributed by atoms with van der Waals surface area (Å²) in [4.78, 5) is 6.86. The summed E-state index contributed by atoms with van der Waals surface area (Å²) in [6.45, 7) is 5.55. The Labute approximate surface area is 162 Å². The van der Waals surface area contributed by atoms with Crippen molar-refractivity contribution in [3.8, 4) is 0 Å². The van der Waals surface area contributed by atoms with Crippen LogP contribution in [0.4, 0.5) is 0 Å². The highest BCUT2D eigenvalue weighted by atomic mass is 32.2. The summed E-state index contributed by atoms with van der Waals surface area (Å²) in [5, 5.41) is 7.85. The number of ether oxygens (including phenoxy) is 1. The summed E-state index contributed by atoms with van der Waals surface area (Å²) in [6, 6.07) is 9.40. The smallest absolute Gasteiger partial charge is 0.191 e. The molecule has 1 saturated heterocycles. The molecule has 0 aromatic heterocycles. The summed E-state index contributed by atoms with van der Waals surface area (Å²) in [7, 11) is 1.85. The van der Waals surface area contributed by atoms with Crippen LogP contribution >= 0.6 is 11.8 Å². The Balaban J connectivity index is 1.47. The van der Waals surface area contributed by atoms with E-state index in [1.165, 1.54) is 30.4 Å². The number of benzene rings is 1. The van der Waals surface area contributed by atoms with Gasteiger partial charge in [0, 0.05) is 44.5 Å². The van der Waals surface area contributed by atoms with Crippen molar-refractivity contribution in [3.63, 3.8) is 0 Å². The normalized spacial score (nSPS) is 24.6. The third-order valence-electron chi connectivity index (χ3n) is 5.24. The van der Waals surface area contributed by atoms with Crippen LogP contribution in [0.25, 0.3) is 0 Å². The molecule has 0 radical (unpaired) electrons. The zero-order chi connectivity index (χ0) is 18.2. The van der Waals surface area contributed by atoms with E-state index in [9.17, 15) is 0 Å². The molecule has 0 spiro atoms. The van der Waals surface area contributed by atoms with Crippen LogP contribution in [0.5, 0.6) is 0 Å². The van der Waals surface area contributed by atoms with Crippen molar-refractivity contribution < 1.29 is 4.74 Å². The minimum Gasteiger partial charge on any atom is -0.379 e. The van der Waals surface area contributed by atoms with Crippen LogP contribution in [0.2, 0.25) is 0 Å². The molecule has 2 aliphatic rings. The summed E-state index contributed by atoms with van der Waals surface area (Å²) in [5.41, 5.74) is 2.67. The molecule has 2 unspecified atom stereocenters. The van der Waals surface area contributed by atoms with Gasteiger partial charge in [-0.05, 0) is 36.6 Å². The number of hydrogen-bond donors (Lipinski definition) is 2. The largest absolute Gasteiger partial charge is 0.379 e. The summed E-state index contributed by atoms with van der Waals surface area (Å²) in [5.74, 6) is 0.912. The number of rotatable bonds is 6. The van der Waals surface area contributed by atoms with Gasteiger partial charge in [-0.3, -0.25) is 9.89 Å². The van der Waals surface area contributed by atoms with Crippen molar-refractivity contribution in [2.24, 2.45) is 4.99 Å². The van der Waals surface area contributed by atoms with Crippen LogP contribution in [0, 0.1) is 0 Å². The second-order valence-corrected chi connectivity index (χ2v) is 8.28. The van der Waals surface area contributed by atoms with Crippen LogP contribution in [-0.4, -0.2) is 61.8 Å². The lowest BCUT2D eigenvalue weighted by Crippen LogP contribution is -2.42. The van der Waals surface area contributed by atoms with Crippen molar-refractivity contribution in [2.75, 3.05) is 39.6 Å². The molecule has 0 bridgehead atoms. The Morgan fingerprint density at radius 3 is 2.81 bits per heavy atom. The highest BCUT2D eigenvalue weighted by molar-refractivity contribution is 7.99. The van der Waals surface area contributed by atoms with Gasteiger partial charge in [0.15, 0.2) is 5.96 Å². The van der Waals surface area contributed by atoms with E-state index in [-0.39, 0.29) is 0 Å². The molecule has 1 saturated carbocycles. The topological polar surface area (TPSA) is 48.9 Å². The van der Waals surface area contributed by atoms with E-state index in [1.807, 2.05) is 18.8 Å². The number of aliphatic imine (C=N–C) groups is 1. The fourth-order valence-electron chi connectivity index (χ4n) is 3.71. The third kappa shape index (κ3) is 5.89. The standard InChI is InChI=1S/C20H32N4OS/c1-21-20(23-18-6-7-19(13-18)26-2)22-14-16-4-3-5-17(12-16)15-24-8-10-25-11-9-24/h3-5,12,18-19H,6-11,13-15H2,1-2H3,(H2,21,22,23). The van der Waals surface area contributed by atoms with Gasteiger partial charge in [0.2, 0.25) is 0 Å². The summed E-state index contributed by atoms with van der Waals surface area (Å²) < 4.78 is 5.43. The SMILES string of the molecule is CN=C(NCc1cccc(CN2CCOCC2)c1)NC1CCC(SC)C1. The third-order valence-corrected chi connectivity index (χ3v) is 6.34. The van der Waals surface area contributed by atoms with Crippen LogP contribution in [0.3, 0.4) is 0 Å². The lowest BCUT2D eigenvalue weighted by molar-refractivity contribution is 0.0342. The maximum atomic E-state index is 5.43. The van der Waals surface area contributed by atoms with Gasteiger partial charge < -0.3 is 15.4 Å². The lowest BCUT2D eigenvalue weighted by atomic mass is 10.1. The number of thioether (sulfide) groups is 1. The van der Waals surface area contributed by atoms with Crippen LogP contribution in [0.15, 0.2) is 29.3 Å². The van der Waals surface area contributed by atoms with Gasteiger partial charge in [0.05, 0.1) is 13.2 Å². The highest BCUT2D eigenvalue weighted by Gasteiger charge is 2.24. The van der Waals surface area contributed by atoms with E-state index < -0.39 is 0 Å². The second-order valence-electron chi connectivity index (χ2n) is 7.15. The molecule has 0 amide bonds. The van der Waals surface area contributed by atoms with Crippen molar-refractivity contribution >= 4 is 17.7 Å². The fraction of sp³-hybridized carbons (Fsp3) is 0.650. The van der Waals surface area contributed by atoms with Gasteiger partial charge in [0.25, 0.3) is 0 Å². The minimum atomic E-state index is 0.548. The predicted molar refractivity (Wildman–Crippen MR) is 111 cm³/mol. The zero-order valence-electron chi connectivity index (χ0n) is 16.0. The molecule has 3 rings (SSSR count). The van der Waals surface area contributed by atoms with Gasteiger partial charge >= 0.3 is 0 Å². The summed E-state index contributed by atoms with van der Waals surface area (Å²) in [6.07, 6.45) is 5.99. The van der Waals surface area contributed by atoms with E-state index in [1.54, 1.807) is 0 Å². The molecule has 2 atom stereocenters. The molecular formula is C20H32N4OS. The van der Waals surface area contributed by atoms with Gasteiger partial charge in [-0.25, -0.2) is 0 Å². The Morgan fingerprint density at radius 2 is 2.08 bits per heavy atom. The number of hydrogen-bond acceptors (Lipinski definition) is 4. The molecule has 1 heterocycles. The molecule has 1 aliphatic heterocycles. The number of guanidine groups is 1. The average molecular weight is 377 g/mol. The second kappa shape index (κ2) is 10.2. The first kappa shape index (κ1) is 19.5. The van der Waals surface area contributed by atoms with Crippen molar-refractivity contribution in [1.29, 1.82) is 0 Å². The van der Waals surface area contributed by atoms with E-state index in [0.29, 0.717) is 6.04 Å². The average Bonchev–Trinajstić information content (AvgIpc) is 3.14. The quantitative estimate of drug-likeness (QED) is 0.590. The molecule has 5 nitrogen and oxygen atoms in total. The van der Waals surface area contributed by atoms with Crippen molar-refractivity contribution in [1.82, 2.24) is 15.5 Å². The number of morpholine rings is 1. The van der Waals surface area contributed by atoms with Gasteiger partial charge in [-0.2, -0.15) is 11.8 Å². The Bertz CT molecular complexity index is 589. The molecule has 2 fully saturated rings. The molecule has 6 heteroatoms. The number of nitrogens with zero attached hydrogens (tertiary/aromatic N) is 2. The van der Waals surface area contributed by atoms with E-state index in [2.05, 4.69) is 51.0 Å². The predicted octanol–water partition coefficient (Wildman–Crippen LogP) is 2.47. The molecule has 1 aliphatic carbocycles. The number of nitrogens with one attached hydrogen (secondary N) is 2. The van der Waals surface area contributed by atoms with Crippen LogP contribution in [0.1, 0.15) is 30.4 Å². The van der Waals surface area contributed by atoms with E-state index in [4.69, 9.17) is 4.74 Å². The van der Waals surface area contributed by atoms with Gasteiger partial charge in [-0.1, -0.05) is 24.3 Å². The molecule has 1 aromatic rings. The Morgan fingerprint density at radius 1 is 1.27 bits per heavy atom. The molecule has 144 valence electrons. The highest BCUT2D eigenvalue weighted by Crippen LogP contribution is 2.28. The molecule has 1 aromatic carbocycles. The van der Waals surface area contributed by atoms with Gasteiger partial charge in [0.1, 0.15) is 0 Å². The maximum Gasteiger partial charge on any atom is 0.191 e. The first-order valence-electron chi connectivity index (χ1n) is 9.64. The first-order valence-corrected chi connectivity index (χ1v) is 10.9. The maximum absolute atomic E-state index is 5.43. The van der Waals surface area contributed by atoms with Crippen LogP contribution in [-0.2, 0) is 17.8 Å². The molecule has 26 heavy (non-hydrogen) atoms. The van der Waals surface area contributed by atoms with Crippen molar-refractivity contribution in [2.45, 2.75) is 43.6 Å². The molecule has 2 N–H and O–H groups in total. The van der Waals surface area contributed by atoms with Crippen molar-refractivity contribution in [3.05, 3.63) is 35.4 Å². The molecular weight excluding hydrogens is 344 g/mol. The zero-order valence-corrected chi connectivity index (χ0v) is 16.9. The minimum absolute atomic E-state index is 0.548. The summed E-state index contributed by atoms with van der Waals surface area (Å²) >= 11 is 1.98. The Hall–Kier alpha value is -1.24. The van der Waals surface area contributed by atoms with Gasteiger partial charge in [-0.15, -0.1) is 0 Å². The van der Waals surface area contributed by atoms with E-state index in [0.717, 1.165) is 50.6 Å². The van der Waals surface area contributed by atoms with Crippen LogP contribution < -0.4 is 10.6 Å².